The Hall–Kier alpha value is -0.860. The minimum absolute atomic E-state index is 0.386. The summed E-state index contributed by atoms with van der Waals surface area (Å²) in [6.45, 7) is 5.63. The number of nitrogens with two attached hydrogens (primary N) is 1. The van der Waals surface area contributed by atoms with E-state index in [9.17, 15) is 0 Å². The lowest BCUT2D eigenvalue weighted by molar-refractivity contribution is 0.0843. The molecule has 2 N–H and O–H groups in total. The van der Waals surface area contributed by atoms with Crippen LogP contribution in [0.2, 0.25) is 0 Å². The summed E-state index contributed by atoms with van der Waals surface area (Å²) in [4.78, 5) is 2.57. The van der Waals surface area contributed by atoms with Crippen molar-refractivity contribution in [2.75, 3.05) is 0 Å². The van der Waals surface area contributed by atoms with Crippen LogP contribution in [-0.2, 0) is 6.54 Å². The molecule has 2 nitrogen and oxygen atoms in total. The molecule has 1 aromatic carbocycles. The number of hydrogen-bond acceptors (Lipinski definition) is 2. The number of nitrogens with zero attached hydrogens (tertiary/aromatic N) is 1. The van der Waals surface area contributed by atoms with Crippen LogP contribution in [0.1, 0.15) is 32.3 Å². The van der Waals surface area contributed by atoms with E-state index in [0.29, 0.717) is 18.1 Å². The van der Waals surface area contributed by atoms with Gasteiger partial charge in [-0.25, -0.2) is 0 Å². The zero-order valence-corrected chi connectivity index (χ0v) is 10.3. The van der Waals surface area contributed by atoms with Crippen LogP contribution < -0.4 is 5.73 Å². The van der Waals surface area contributed by atoms with E-state index < -0.39 is 0 Å². The molecule has 2 atom stereocenters. The Bertz CT molecular complexity index is 311. The highest BCUT2D eigenvalue weighted by atomic mass is 15.2. The van der Waals surface area contributed by atoms with Crippen molar-refractivity contribution in [2.45, 2.75) is 51.4 Å². The van der Waals surface area contributed by atoms with Crippen molar-refractivity contribution in [1.82, 2.24) is 4.90 Å². The van der Waals surface area contributed by atoms with E-state index in [-0.39, 0.29) is 0 Å². The Kier molecular flexibility index (Phi) is 3.62. The van der Waals surface area contributed by atoms with Crippen molar-refractivity contribution < 1.29 is 0 Å². The van der Waals surface area contributed by atoms with Crippen LogP contribution in [0.5, 0.6) is 0 Å². The fourth-order valence-corrected chi connectivity index (χ4v) is 2.78. The standard InChI is InChI=1S/C14H22N2/c1-11-8-14(15)9-12(2)16(11)10-13-6-4-3-5-7-13/h3-7,11-12,14H,8-10,15H2,1-2H3/t11-,12-/m0/s1. The summed E-state index contributed by atoms with van der Waals surface area (Å²) in [6.07, 6.45) is 2.24. The molecule has 1 aromatic rings. The van der Waals surface area contributed by atoms with Crippen molar-refractivity contribution in [3.8, 4) is 0 Å². The molecular formula is C14H22N2. The number of hydrogen-bond donors (Lipinski definition) is 1. The highest BCUT2D eigenvalue weighted by Gasteiger charge is 2.28. The molecule has 0 radical (unpaired) electrons. The van der Waals surface area contributed by atoms with E-state index in [4.69, 9.17) is 5.73 Å². The third kappa shape index (κ3) is 2.63. The predicted octanol–water partition coefficient (Wildman–Crippen LogP) is 2.39. The summed E-state index contributed by atoms with van der Waals surface area (Å²) in [5.41, 5.74) is 7.44. The second kappa shape index (κ2) is 4.98. The van der Waals surface area contributed by atoms with Gasteiger partial charge < -0.3 is 5.73 Å². The van der Waals surface area contributed by atoms with Crippen LogP contribution in [0.15, 0.2) is 30.3 Å². The summed E-state index contributed by atoms with van der Waals surface area (Å²) in [7, 11) is 0. The predicted molar refractivity (Wildman–Crippen MR) is 68.1 cm³/mol. The maximum atomic E-state index is 6.04. The van der Waals surface area contributed by atoms with E-state index >= 15 is 0 Å². The van der Waals surface area contributed by atoms with Crippen molar-refractivity contribution in [2.24, 2.45) is 5.73 Å². The van der Waals surface area contributed by atoms with Gasteiger partial charge in [-0.2, -0.15) is 0 Å². The van der Waals surface area contributed by atoms with E-state index in [2.05, 4.69) is 49.1 Å². The molecule has 1 heterocycles. The lowest BCUT2D eigenvalue weighted by atomic mass is 9.93. The topological polar surface area (TPSA) is 29.3 Å². The van der Waals surface area contributed by atoms with Gasteiger partial charge in [0.1, 0.15) is 0 Å². The molecule has 1 aliphatic rings. The first-order valence-electron chi connectivity index (χ1n) is 6.22. The van der Waals surface area contributed by atoms with Gasteiger partial charge in [-0.3, -0.25) is 4.90 Å². The lowest BCUT2D eigenvalue weighted by Gasteiger charge is -2.41. The van der Waals surface area contributed by atoms with E-state index in [1.807, 2.05) is 0 Å². The first-order valence-corrected chi connectivity index (χ1v) is 6.22. The Morgan fingerprint density at radius 1 is 1.12 bits per heavy atom. The van der Waals surface area contributed by atoms with Gasteiger partial charge >= 0.3 is 0 Å². The van der Waals surface area contributed by atoms with Gasteiger partial charge in [0.05, 0.1) is 0 Å². The normalized spacial score (nSPS) is 31.6. The average Bonchev–Trinajstić information content (AvgIpc) is 2.25. The Morgan fingerprint density at radius 2 is 1.69 bits per heavy atom. The van der Waals surface area contributed by atoms with Crippen LogP contribution >= 0.6 is 0 Å². The zero-order valence-electron chi connectivity index (χ0n) is 10.3. The smallest absolute Gasteiger partial charge is 0.0239 e. The molecule has 1 aliphatic heterocycles. The fourth-order valence-electron chi connectivity index (χ4n) is 2.78. The maximum Gasteiger partial charge on any atom is 0.0239 e. The van der Waals surface area contributed by atoms with E-state index in [0.717, 1.165) is 19.4 Å². The first-order chi connectivity index (χ1) is 7.66. The number of benzene rings is 1. The minimum atomic E-state index is 0.386. The van der Waals surface area contributed by atoms with Crippen LogP contribution in [-0.4, -0.2) is 23.0 Å². The number of rotatable bonds is 2. The third-order valence-electron chi connectivity index (χ3n) is 3.63. The largest absolute Gasteiger partial charge is 0.328 e. The van der Waals surface area contributed by atoms with Gasteiger partial charge in [0.2, 0.25) is 0 Å². The molecule has 88 valence electrons. The van der Waals surface area contributed by atoms with Gasteiger partial charge in [0, 0.05) is 24.7 Å². The summed E-state index contributed by atoms with van der Waals surface area (Å²) >= 11 is 0. The Morgan fingerprint density at radius 3 is 2.25 bits per heavy atom. The highest BCUT2D eigenvalue weighted by Crippen LogP contribution is 2.23. The van der Waals surface area contributed by atoms with Crippen LogP contribution in [0, 0.1) is 0 Å². The van der Waals surface area contributed by atoms with Crippen molar-refractivity contribution in [3.05, 3.63) is 35.9 Å². The number of piperidine rings is 1. The molecule has 0 aliphatic carbocycles. The van der Waals surface area contributed by atoms with Gasteiger partial charge in [-0.1, -0.05) is 30.3 Å². The van der Waals surface area contributed by atoms with Crippen LogP contribution in [0.3, 0.4) is 0 Å². The van der Waals surface area contributed by atoms with Gasteiger partial charge in [0.25, 0.3) is 0 Å². The molecule has 0 bridgehead atoms. The molecule has 16 heavy (non-hydrogen) atoms. The second-order valence-corrected chi connectivity index (χ2v) is 5.09. The monoisotopic (exact) mass is 218 g/mol. The molecule has 0 unspecified atom stereocenters. The summed E-state index contributed by atoms with van der Waals surface area (Å²) < 4.78 is 0. The first kappa shape index (κ1) is 11.6. The maximum absolute atomic E-state index is 6.04. The summed E-state index contributed by atoms with van der Waals surface area (Å²) in [5, 5.41) is 0. The molecule has 1 saturated heterocycles. The molecule has 0 amide bonds. The van der Waals surface area contributed by atoms with Crippen molar-refractivity contribution in [1.29, 1.82) is 0 Å². The van der Waals surface area contributed by atoms with Crippen LogP contribution in [0.25, 0.3) is 0 Å². The molecule has 2 heteroatoms. The quantitative estimate of drug-likeness (QED) is 0.826. The zero-order chi connectivity index (χ0) is 11.5. The summed E-state index contributed by atoms with van der Waals surface area (Å²) in [5.74, 6) is 0. The average molecular weight is 218 g/mol. The molecule has 0 aromatic heterocycles. The second-order valence-electron chi connectivity index (χ2n) is 5.09. The van der Waals surface area contributed by atoms with E-state index in [1.54, 1.807) is 0 Å². The van der Waals surface area contributed by atoms with Crippen molar-refractivity contribution in [3.63, 3.8) is 0 Å². The molecule has 0 spiro atoms. The van der Waals surface area contributed by atoms with Gasteiger partial charge in [-0.15, -0.1) is 0 Å². The minimum Gasteiger partial charge on any atom is -0.328 e. The lowest BCUT2D eigenvalue weighted by Crippen LogP contribution is -2.50. The van der Waals surface area contributed by atoms with Crippen LogP contribution in [0.4, 0.5) is 0 Å². The third-order valence-corrected chi connectivity index (χ3v) is 3.63. The molecule has 0 saturated carbocycles. The van der Waals surface area contributed by atoms with Gasteiger partial charge in [-0.05, 0) is 32.3 Å². The highest BCUT2D eigenvalue weighted by molar-refractivity contribution is 5.15. The molecule has 1 fully saturated rings. The fraction of sp³-hybridized carbons (Fsp3) is 0.571. The molecule has 2 rings (SSSR count). The molecular weight excluding hydrogens is 196 g/mol. The Balaban J connectivity index is 2.03. The SMILES string of the molecule is C[C@H]1CC(N)C[C@H](C)N1Cc1ccccc1. The van der Waals surface area contributed by atoms with Gasteiger partial charge in [0.15, 0.2) is 0 Å². The van der Waals surface area contributed by atoms with E-state index in [1.165, 1.54) is 5.56 Å². The number of likely N-dealkylation sites (tertiary alicyclic amines) is 1. The summed E-state index contributed by atoms with van der Waals surface area (Å²) in [6, 6.07) is 12.3. The Labute approximate surface area is 98.4 Å². The van der Waals surface area contributed by atoms with Crippen molar-refractivity contribution >= 4 is 0 Å².